The van der Waals surface area contributed by atoms with Gasteiger partial charge >= 0.3 is 0 Å². The number of hydrogen-bond donors (Lipinski definition) is 3. The fourth-order valence-corrected chi connectivity index (χ4v) is 5.84. The van der Waals surface area contributed by atoms with E-state index < -0.39 is 40.2 Å². The predicted octanol–water partition coefficient (Wildman–Crippen LogP) is 6.26. The van der Waals surface area contributed by atoms with E-state index in [4.69, 9.17) is 4.74 Å². The lowest BCUT2D eigenvalue weighted by molar-refractivity contribution is -0.144. The molecule has 0 radical (unpaired) electrons. The molecule has 1 aliphatic heterocycles. The van der Waals surface area contributed by atoms with Crippen molar-refractivity contribution in [1.82, 2.24) is 0 Å². The number of Topliss-reactive ketones (excluding diaryl/α,β-unsaturated/α-hetero) is 3. The molecule has 2 aromatic rings. The molecule has 1 aliphatic carbocycles. The summed E-state index contributed by atoms with van der Waals surface area (Å²) in [5.74, 6) is -3.37. The molecular formula is C31H36O7. The molecule has 0 spiro atoms. The number of phenols is 2. The first-order valence-electron chi connectivity index (χ1n) is 13.0. The molecule has 0 fully saturated rings. The van der Waals surface area contributed by atoms with Gasteiger partial charge in [-0.25, -0.2) is 0 Å². The summed E-state index contributed by atoms with van der Waals surface area (Å²) in [6.07, 6.45) is -0.317. The first-order chi connectivity index (χ1) is 17.6. The van der Waals surface area contributed by atoms with Gasteiger partial charge in [0.25, 0.3) is 0 Å². The number of aliphatic hydroxyl groups is 1. The van der Waals surface area contributed by atoms with Crippen molar-refractivity contribution in [2.24, 2.45) is 16.7 Å². The Morgan fingerprint density at radius 2 is 1.55 bits per heavy atom. The quantitative estimate of drug-likeness (QED) is 0.398. The Kier molecular flexibility index (Phi) is 6.71. The highest BCUT2D eigenvalue weighted by molar-refractivity contribution is 6.19. The number of ketones is 3. The third-order valence-corrected chi connectivity index (χ3v) is 7.95. The van der Waals surface area contributed by atoms with Crippen molar-refractivity contribution >= 4 is 17.3 Å². The number of carbonyl (C=O) groups excluding carboxylic acids is 3. The van der Waals surface area contributed by atoms with Crippen LogP contribution in [0.2, 0.25) is 0 Å². The Morgan fingerprint density at radius 3 is 2.13 bits per heavy atom. The van der Waals surface area contributed by atoms with Gasteiger partial charge in [-0.1, -0.05) is 44.2 Å². The lowest BCUT2D eigenvalue weighted by atomic mass is 9.60. The maximum absolute atomic E-state index is 13.7. The van der Waals surface area contributed by atoms with Crippen molar-refractivity contribution in [3.05, 3.63) is 63.9 Å². The monoisotopic (exact) mass is 520 g/mol. The molecule has 0 amide bonds. The number of aliphatic hydroxyl groups excluding tert-OH is 1. The maximum Gasteiger partial charge on any atom is 0.175 e. The van der Waals surface area contributed by atoms with E-state index in [0.29, 0.717) is 0 Å². The zero-order valence-electron chi connectivity index (χ0n) is 23.0. The van der Waals surface area contributed by atoms with Crippen molar-refractivity contribution in [2.45, 2.75) is 73.3 Å². The molecule has 202 valence electrons. The van der Waals surface area contributed by atoms with Gasteiger partial charge in [0.05, 0.1) is 17.3 Å². The predicted molar refractivity (Wildman–Crippen MR) is 143 cm³/mol. The molecule has 0 saturated heterocycles. The molecule has 2 aliphatic rings. The van der Waals surface area contributed by atoms with Crippen LogP contribution in [0.15, 0.2) is 41.7 Å². The smallest absolute Gasteiger partial charge is 0.175 e. The molecule has 0 aromatic heterocycles. The first kappa shape index (κ1) is 27.4. The van der Waals surface area contributed by atoms with Crippen LogP contribution >= 0.6 is 0 Å². The topological polar surface area (TPSA) is 121 Å². The van der Waals surface area contributed by atoms with Crippen LogP contribution in [0.25, 0.3) is 0 Å². The SMILES string of the molecule is Cc1c(O)c(C(CC(C)C)C2=C(O)C(C)(C)C(=O)C(C)(C)C2=O)c(O)c2c1OC(c1ccccc1)CC2=O. The number of phenolic OH excluding ortho intramolecular Hbond substituents is 2. The second-order valence-corrected chi connectivity index (χ2v) is 11.9. The van der Waals surface area contributed by atoms with Gasteiger partial charge in [-0.3, -0.25) is 14.4 Å². The van der Waals surface area contributed by atoms with Gasteiger partial charge in [0.15, 0.2) is 17.3 Å². The van der Waals surface area contributed by atoms with Gasteiger partial charge in [-0.15, -0.1) is 0 Å². The summed E-state index contributed by atoms with van der Waals surface area (Å²) in [7, 11) is 0. The highest BCUT2D eigenvalue weighted by Crippen LogP contribution is 2.55. The number of benzene rings is 2. The molecule has 0 bridgehead atoms. The minimum atomic E-state index is -1.42. The lowest BCUT2D eigenvalue weighted by Crippen LogP contribution is -2.49. The first-order valence-corrected chi connectivity index (χ1v) is 13.0. The molecule has 7 nitrogen and oxygen atoms in total. The van der Waals surface area contributed by atoms with Crippen LogP contribution in [0.3, 0.4) is 0 Å². The number of hydrogen-bond acceptors (Lipinski definition) is 7. The van der Waals surface area contributed by atoms with Crippen molar-refractivity contribution in [3.63, 3.8) is 0 Å². The van der Waals surface area contributed by atoms with Crippen LogP contribution in [-0.4, -0.2) is 32.7 Å². The second-order valence-electron chi connectivity index (χ2n) is 11.9. The molecule has 2 atom stereocenters. The van der Waals surface area contributed by atoms with Gasteiger partial charge < -0.3 is 20.1 Å². The van der Waals surface area contributed by atoms with Crippen molar-refractivity contribution in [1.29, 1.82) is 0 Å². The van der Waals surface area contributed by atoms with E-state index in [9.17, 15) is 29.7 Å². The zero-order chi connectivity index (χ0) is 28.3. The van der Waals surface area contributed by atoms with Crippen LogP contribution in [0.4, 0.5) is 0 Å². The summed E-state index contributed by atoms with van der Waals surface area (Å²) < 4.78 is 6.15. The van der Waals surface area contributed by atoms with Crippen LogP contribution in [0, 0.1) is 23.7 Å². The van der Waals surface area contributed by atoms with Gasteiger partial charge in [0.1, 0.15) is 34.7 Å². The van der Waals surface area contributed by atoms with Crippen molar-refractivity contribution < 1.29 is 34.4 Å². The van der Waals surface area contributed by atoms with Crippen LogP contribution in [0.5, 0.6) is 17.2 Å². The van der Waals surface area contributed by atoms with Crippen molar-refractivity contribution in [3.8, 4) is 17.2 Å². The van der Waals surface area contributed by atoms with E-state index in [2.05, 4.69) is 0 Å². The summed E-state index contributed by atoms with van der Waals surface area (Å²) in [6.45, 7) is 11.6. The number of ether oxygens (including phenoxy) is 1. The van der Waals surface area contributed by atoms with Gasteiger partial charge in [-0.05, 0) is 52.5 Å². The number of rotatable bonds is 5. The minimum Gasteiger partial charge on any atom is -0.511 e. The third kappa shape index (κ3) is 4.08. The Bertz CT molecular complexity index is 1360. The Balaban J connectivity index is 1.96. The summed E-state index contributed by atoms with van der Waals surface area (Å²) >= 11 is 0. The number of allylic oxidation sites excluding steroid dienone is 2. The normalized spacial score (nSPS) is 21.4. The van der Waals surface area contributed by atoms with Crippen LogP contribution in [-0.2, 0) is 9.59 Å². The highest BCUT2D eigenvalue weighted by atomic mass is 16.5. The maximum atomic E-state index is 13.7. The van der Waals surface area contributed by atoms with Gasteiger partial charge in [-0.2, -0.15) is 0 Å². The molecule has 1 heterocycles. The highest BCUT2D eigenvalue weighted by Gasteiger charge is 2.55. The van der Waals surface area contributed by atoms with Gasteiger partial charge in [0.2, 0.25) is 0 Å². The van der Waals surface area contributed by atoms with Gasteiger partial charge in [0, 0.05) is 22.6 Å². The van der Waals surface area contributed by atoms with E-state index in [1.165, 1.54) is 13.8 Å². The Labute approximate surface area is 223 Å². The van der Waals surface area contributed by atoms with E-state index in [-0.39, 0.29) is 64.1 Å². The molecule has 4 rings (SSSR count). The van der Waals surface area contributed by atoms with E-state index in [0.717, 1.165) is 5.56 Å². The summed E-state index contributed by atoms with van der Waals surface area (Å²) in [5, 5.41) is 34.3. The van der Waals surface area contributed by atoms with E-state index in [1.807, 2.05) is 44.2 Å². The molecule has 3 N–H and O–H groups in total. The van der Waals surface area contributed by atoms with E-state index in [1.54, 1.807) is 20.8 Å². The minimum absolute atomic E-state index is 0.00941. The fraction of sp³-hybridized carbons (Fsp3) is 0.452. The molecule has 0 saturated carbocycles. The van der Waals surface area contributed by atoms with Crippen LogP contribution in [0.1, 0.15) is 93.5 Å². The summed E-state index contributed by atoms with van der Waals surface area (Å²) in [4.78, 5) is 40.2. The third-order valence-electron chi connectivity index (χ3n) is 7.95. The largest absolute Gasteiger partial charge is 0.511 e. The molecule has 38 heavy (non-hydrogen) atoms. The van der Waals surface area contributed by atoms with Crippen molar-refractivity contribution in [2.75, 3.05) is 0 Å². The number of fused-ring (bicyclic) bond motifs is 1. The average Bonchev–Trinajstić information content (AvgIpc) is 2.85. The molecular weight excluding hydrogens is 484 g/mol. The van der Waals surface area contributed by atoms with Crippen LogP contribution < -0.4 is 4.74 Å². The average molecular weight is 521 g/mol. The molecule has 2 unspecified atom stereocenters. The standard InChI is InChI=1S/C31H36O7/c1-15(2)13-18(22-27(35)30(4,5)29(37)31(6,7)28(22)36)21-24(33)16(3)26-23(25(21)34)19(32)14-20(38-26)17-11-9-8-10-12-17/h8-12,15,18,20,33-35H,13-14H2,1-7H3. The second kappa shape index (κ2) is 9.29. The van der Waals surface area contributed by atoms with E-state index >= 15 is 0 Å². The zero-order valence-corrected chi connectivity index (χ0v) is 23.0. The number of aromatic hydroxyl groups is 2. The lowest BCUT2D eigenvalue weighted by Gasteiger charge is -2.41. The Morgan fingerprint density at radius 1 is 0.947 bits per heavy atom. The number of carbonyl (C=O) groups is 3. The Hall–Kier alpha value is -3.61. The molecule has 7 heteroatoms. The fourth-order valence-electron chi connectivity index (χ4n) is 5.84. The summed E-state index contributed by atoms with van der Waals surface area (Å²) in [5.41, 5.74) is -1.80. The molecule has 2 aromatic carbocycles. The summed E-state index contributed by atoms with van der Waals surface area (Å²) in [6, 6.07) is 9.24.